The molecule has 0 radical (unpaired) electrons. The third kappa shape index (κ3) is 7.86. The van der Waals surface area contributed by atoms with Crippen molar-refractivity contribution in [2.45, 2.75) is 45.0 Å². The minimum atomic E-state index is -0.542. The molecule has 2 aromatic carbocycles. The monoisotopic (exact) mass is 466 g/mol. The maximum absolute atomic E-state index is 13.0. The number of thioether (sulfide) groups is 1. The van der Waals surface area contributed by atoms with Crippen LogP contribution < -0.4 is 5.32 Å². The van der Waals surface area contributed by atoms with Crippen LogP contribution in [-0.4, -0.2) is 35.1 Å². The van der Waals surface area contributed by atoms with Crippen molar-refractivity contribution in [1.29, 1.82) is 0 Å². The molecule has 0 unspecified atom stereocenters. The summed E-state index contributed by atoms with van der Waals surface area (Å²) in [5, 5.41) is 3.95. The third-order valence-corrected chi connectivity index (χ3v) is 6.40. The molecule has 162 valence electrons. The van der Waals surface area contributed by atoms with Crippen molar-refractivity contribution in [2.24, 2.45) is 0 Å². The summed E-state index contributed by atoms with van der Waals surface area (Å²) in [6, 6.07) is 14.7. The van der Waals surface area contributed by atoms with E-state index in [1.165, 1.54) is 11.8 Å². The molecule has 4 nitrogen and oxygen atoms in total. The zero-order valence-electron chi connectivity index (χ0n) is 17.4. The summed E-state index contributed by atoms with van der Waals surface area (Å²) in [4.78, 5) is 27.2. The Morgan fingerprint density at radius 2 is 1.80 bits per heavy atom. The molecule has 1 N–H and O–H groups in total. The Kier molecular flexibility index (Phi) is 10.6. The van der Waals surface area contributed by atoms with Gasteiger partial charge in [0.05, 0.1) is 15.8 Å². The molecule has 0 heterocycles. The Morgan fingerprint density at radius 1 is 1.07 bits per heavy atom. The molecule has 2 rings (SSSR count). The first-order valence-corrected chi connectivity index (χ1v) is 12.0. The maximum Gasteiger partial charge on any atom is 0.242 e. The highest BCUT2D eigenvalue weighted by Crippen LogP contribution is 2.25. The average molecular weight is 467 g/mol. The van der Waals surface area contributed by atoms with Crippen molar-refractivity contribution in [2.75, 3.05) is 12.3 Å². The summed E-state index contributed by atoms with van der Waals surface area (Å²) in [5.41, 5.74) is 2.00. The van der Waals surface area contributed by atoms with Crippen molar-refractivity contribution in [3.8, 4) is 0 Å². The van der Waals surface area contributed by atoms with Gasteiger partial charge < -0.3 is 10.2 Å². The van der Waals surface area contributed by atoms with Crippen LogP contribution in [0.4, 0.5) is 0 Å². The molecule has 0 aromatic heterocycles. The molecular weight excluding hydrogens is 439 g/mol. The van der Waals surface area contributed by atoms with Crippen LogP contribution in [-0.2, 0) is 21.9 Å². The van der Waals surface area contributed by atoms with Crippen LogP contribution in [0, 0.1) is 0 Å². The fourth-order valence-electron chi connectivity index (χ4n) is 2.87. The van der Waals surface area contributed by atoms with Crippen LogP contribution in [0.25, 0.3) is 0 Å². The van der Waals surface area contributed by atoms with Crippen molar-refractivity contribution in [1.82, 2.24) is 10.2 Å². The highest BCUT2D eigenvalue weighted by Gasteiger charge is 2.25. The van der Waals surface area contributed by atoms with Crippen LogP contribution in [0.1, 0.15) is 37.8 Å². The number of benzene rings is 2. The van der Waals surface area contributed by atoms with Gasteiger partial charge in [-0.1, -0.05) is 72.9 Å². The summed E-state index contributed by atoms with van der Waals surface area (Å²) in [5.74, 6) is 0.725. The van der Waals surface area contributed by atoms with Gasteiger partial charge in [0.2, 0.25) is 11.8 Å². The van der Waals surface area contributed by atoms with E-state index < -0.39 is 6.04 Å². The molecule has 0 bridgehead atoms. The number of halogens is 2. The molecule has 0 fully saturated rings. The number of carbonyl (C=O) groups excluding carboxylic acids is 2. The SMILES string of the molecule is CCCCNC(=O)[C@@H](C)N(Cc1ccccc1)C(=O)CSCc1ccc(Cl)c(Cl)c1. The van der Waals surface area contributed by atoms with E-state index in [4.69, 9.17) is 23.2 Å². The van der Waals surface area contributed by atoms with E-state index >= 15 is 0 Å². The maximum atomic E-state index is 13.0. The Bertz CT molecular complexity index is 833. The van der Waals surface area contributed by atoms with Gasteiger partial charge in [-0.05, 0) is 36.6 Å². The molecule has 2 amide bonds. The highest BCUT2D eigenvalue weighted by molar-refractivity contribution is 7.99. The number of rotatable bonds is 11. The van der Waals surface area contributed by atoms with Crippen molar-refractivity contribution < 1.29 is 9.59 Å². The van der Waals surface area contributed by atoms with Crippen LogP contribution in [0.15, 0.2) is 48.5 Å². The fraction of sp³-hybridized carbons (Fsp3) is 0.391. The molecule has 0 aliphatic carbocycles. The Balaban J connectivity index is 2.01. The Labute approximate surface area is 193 Å². The van der Waals surface area contributed by atoms with Gasteiger partial charge in [-0.2, -0.15) is 0 Å². The number of hydrogen-bond donors (Lipinski definition) is 1. The second kappa shape index (κ2) is 12.9. The van der Waals surface area contributed by atoms with Crippen LogP contribution in [0.5, 0.6) is 0 Å². The lowest BCUT2D eigenvalue weighted by Crippen LogP contribution is -2.48. The largest absolute Gasteiger partial charge is 0.354 e. The predicted molar refractivity (Wildman–Crippen MR) is 127 cm³/mol. The second-order valence-corrected chi connectivity index (χ2v) is 8.87. The molecule has 7 heteroatoms. The van der Waals surface area contributed by atoms with Crippen molar-refractivity contribution >= 4 is 46.8 Å². The smallest absolute Gasteiger partial charge is 0.242 e. The van der Waals surface area contributed by atoms with E-state index in [-0.39, 0.29) is 17.6 Å². The summed E-state index contributed by atoms with van der Waals surface area (Å²) < 4.78 is 0. The molecule has 0 aliphatic heterocycles. The van der Waals surface area contributed by atoms with E-state index in [1.54, 1.807) is 17.9 Å². The number of amides is 2. The Hall–Kier alpha value is -1.69. The first kappa shape index (κ1) is 24.6. The minimum absolute atomic E-state index is 0.0675. The molecule has 0 saturated heterocycles. The van der Waals surface area contributed by atoms with Gasteiger partial charge in [-0.3, -0.25) is 9.59 Å². The molecule has 0 saturated carbocycles. The summed E-state index contributed by atoms with van der Waals surface area (Å²) in [6.45, 7) is 4.88. The van der Waals surface area contributed by atoms with E-state index in [1.807, 2.05) is 42.5 Å². The van der Waals surface area contributed by atoms with Gasteiger partial charge in [0.15, 0.2) is 0 Å². The summed E-state index contributed by atoms with van der Waals surface area (Å²) in [7, 11) is 0. The van der Waals surface area contributed by atoms with Gasteiger partial charge in [0.1, 0.15) is 6.04 Å². The molecule has 0 aliphatic rings. The van der Waals surface area contributed by atoms with Crippen molar-refractivity contribution in [3.05, 3.63) is 69.7 Å². The molecular formula is C23H28Cl2N2O2S. The zero-order chi connectivity index (χ0) is 21.9. The molecule has 0 spiro atoms. The van der Waals surface area contributed by atoms with E-state index in [2.05, 4.69) is 12.2 Å². The van der Waals surface area contributed by atoms with Gasteiger partial charge in [-0.25, -0.2) is 0 Å². The lowest BCUT2D eigenvalue weighted by atomic mass is 10.1. The molecule has 1 atom stereocenters. The first-order valence-electron chi connectivity index (χ1n) is 10.0. The van der Waals surface area contributed by atoms with Gasteiger partial charge in [0, 0.05) is 18.8 Å². The first-order chi connectivity index (χ1) is 14.4. The molecule has 2 aromatic rings. The Morgan fingerprint density at radius 3 is 2.47 bits per heavy atom. The fourth-order valence-corrected chi connectivity index (χ4v) is 4.05. The van der Waals surface area contributed by atoms with Crippen LogP contribution in [0.2, 0.25) is 10.0 Å². The van der Waals surface area contributed by atoms with Crippen LogP contribution >= 0.6 is 35.0 Å². The topological polar surface area (TPSA) is 49.4 Å². The minimum Gasteiger partial charge on any atom is -0.354 e. The standard InChI is InChI=1S/C23H28Cl2N2O2S/c1-3-4-12-26-23(29)17(2)27(14-18-8-6-5-7-9-18)22(28)16-30-15-19-10-11-20(24)21(25)13-19/h5-11,13,17H,3-4,12,14-16H2,1-2H3,(H,26,29)/t17-/m1/s1. The number of unbranched alkanes of at least 4 members (excludes halogenated alkanes) is 1. The molecule has 30 heavy (non-hydrogen) atoms. The third-order valence-electron chi connectivity index (χ3n) is 4.67. The van der Waals surface area contributed by atoms with Crippen LogP contribution in [0.3, 0.4) is 0 Å². The number of hydrogen-bond acceptors (Lipinski definition) is 3. The lowest BCUT2D eigenvalue weighted by Gasteiger charge is -2.28. The number of nitrogens with zero attached hydrogens (tertiary/aromatic N) is 1. The van der Waals surface area contributed by atoms with Gasteiger partial charge >= 0.3 is 0 Å². The van der Waals surface area contributed by atoms with Crippen molar-refractivity contribution in [3.63, 3.8) is 0 Å². The number of nitrogens with one attached hydrogen (secondary N) is 1. The van der Waals surface area contributed by atoms with E-state index in [0.29, 0.717) is 28.9 Å². The summed E-state index contributed by atoms with van der Waals surface area (Å²) in [6.07, 6.45) is 1.93. The lowest BCUT2D eigenvalue weighted by molar-refractivity contribution is -0.138. The normalized spacial score (nSPS) is 11.7. The average Bonchev–Trinajstić information content (AvgIpc) is 2.74. The van der Waals surface area contributed by atoms with E-state index in [9.17, 15) is 9.59 Å². The quantitative estimate of drug-likeness (QED) is 0.440. The number of carbonyl (C=O) groups is 2. The van der Waals surface area contributed by atoms with Gasteiger partial charge in [0.25, 0.3) is 0 Å². The second-order valence-electron chi connectivity index (χ2n) is 7.07. The van der Waals surface area contributed by atoms with E-state index in [0.717, 1.165) is 24.0 Å². The zero-order valence-corrected chi connectivity index (χ0v) is 19.7. The van der Waals surface area contributed by atoms with Gasteiger partial charge in [-0.15, -0.1) is 11.8 Å². The predicted octanol–water partition coefficient (Wildman–Crippen LogP) is 5.56. The highest BCUT2D eigenvalue weighted by atomic mass is 35.5. The summed E-state index contributed by atoms with van der Waals surface area (Å²) >= 11 is 13.5.